The van der Waals surface area contributed by atoms with Crippen LogP contribution in [0.1, 0.15) is 23.8 Å². The van der Waals surface area contributed by atoms with Gasteiger partial charge in [-0.1, -0.05) is 6.07 Å². The van der Waals surface area contributed by atoms with E-state index >= 15 is 0 Å². The fourth-order valence-corrected chi connectivity index (χ4v) is 4.38. The molecule has 1 aliphatic heterocycles. The summed E-state index contributed by atoms with van der Waals surface area (Å²) in [6.45, 7) is 0.777. The molecule has 6 nitrogen and oxygen atoms in total. The summed E-state index contributed by atoms with van der Waals surface area (Å²) in [6, 6.07) is 4.22. The molecular formula is C15H15N5OS2. The van der Waals surface area contributed by atoms with E-state index in [-0.39, 0.29) is 12.1 Å². The number of H-pyrrole nitrogens is 1. The molecule has 0 spiro atoms. The van der Waals surface area contributed by atoms with Crippen molar-refractivity contribution in [3.63, 3.8) is 0 Å². The molecule has 1 saturated heterocycles. The number of hydrogen-bond acceptors (Lipinski definition) is 5. The number of nitrogens with one attached hydrogen (secondary N) is 2. The lowest BCUT2D eigenvalue weighted by atomic mass is 10.2. The summed E-state index contributed by atoms with van der Waals surface area (Å²) in [6.07, 6.45) is 5.41. The number of carbonyl (C=O) groups excluding carboxylic acids is 1. The van der Waals surface area contributed by atoms with Crippen molar-refractivity contribution < 1.29 is 4.79 Å². The molecule has 0 radical (unpaired) electrons. The first-order valence-electron chi connectivity index (χ1n) is 7.37. The smallest absolute Gasteiger partial charge is 0.317 e. The molecule has 0 aromatic carbocycles. The average molecular weight is 345 g/mol. The number of aromatic nitrogens is 3. The number of likely N-dealkylation sites (tertiary alicyclic amines) is 1. The predicted molar refractivity (Wildman–Crippen MR) is 91.7 cm³/mol. The van der Waals surface area contributed by atoms with Gasteiger partial charge in [-0.25, -0.2) is 9.78 Å². The van der Waals surface area contributed by atoms with Crippen LogP contribution >= 0.6 is 22.7 Å². The van der Waals surface area contributed by atoms with Gasteiger partial charge in [0.25, 0.3) is 0 Å². The van der Waals surface area contributed by atoms with Gasteiger partial charge in [0.05, 0.1) is 17.9 Å². The minimum atomic E-state index is -0.0832. The number of hydrogen-bond donors (Lipinski definition) is 2. The summed E-state index contributed by atoms with van der Waals surface area (Å²) >= 11 is 3.21. The monoisotopic (exact) mass is 345 g/mol. The lowest BCUT2D eigenvalue weighted by molar-refractivity contribution is 0.208. The third-order valence-corrected chi connectivity index (χ3v) is 5.68. The Morgan fingerprint density at radius 2 is 2.35 bits per heavy atom. The fourth-order valence-electron chi connectivity index (χ4n) is 2.86. The highest BCUT2D eigenvalue weighted by Crippen LogP contribution is 2.35. The molecule has 8 heteroatoms. The molecule has 2 N–H and O–H groups in total. The summed E-state index contributed by atoms with van der Waals surface area (Å²) in [7, 11) is 0. The van der Waals surface area contributed by atoms with Crippen molar-refractivity contribution in [1.29, 1.82) is 0 Å². The highest BCUT2D eigenvalue weighted by Gasteiger charge is 2.31. The summed E-state index contributed by atoms with van der Waals surface area (Å²) in [4.78, 5) is 20.1. The van der Waals surface area contributed by atoms with E-state index in [1.807, 2.05) is 16.3 Å². The largest absolute Gasteiger partial charge is 0.322 e. The van der Waals surface area contributed by atoms with Crippen LogP contribution in [0.25, 0.3) is 10.7 Å². The van der Waals surface area contributed by atoms with Gasteiger partial charge in [-0.15, -0.1) is 22.7 Å². The third kappa shape index (κ3) is 2.75. The second-order valence-electron chi connectivity index (χ2n) is 5.29. The second-order valence-corrected chi connectivity index (χ2v) is 7.17. The van der Waals surface area contributed by atoms with Gasteiger partial charge in [0.2, 0.25) is 0 Å². The Balaban J connectivity index is 1.53. The number of urea groups is 1. The van der Waals surface area contributed by atoms with Crippen LogP contribution in [0.5, 0.6) is 0 Å². The number of aromatic amines is 1. The Bertz CT molecular complexity index is 781. The SMILES string of the molecule is O=C(Nc1cn[nH]c1-c1nccs1)N1CCCC1c1cccs1. The molecule has 1 fully saturated rings. The van der Waals surface area contributed by atoms with Crippen molar-refractivity contribution in [1.82, 2.24) is 20.1 Å². The van der Waals surface area contributed by atoms with Gasteiger partial charge in [-0.2, -0.15) is 5.10 Å². The van der Waals surface area contributed by atoms with Crippen LogP contribution in [0.4, 0.5) is 10.5 Å². The van der Waals surface area contributed by atoms with Crippen LogP contribution in [-0.4, -0.2) is 32.7 Å². The molecule has 23 heavy (non-hydrogen) atoms. The van der Waals surface area contributed by atoms with Gasteiger partial charge >= 0.3 is 6.03 Å². The Morgan fingerprint density at radius 1 is 1.39 bits per heavy atom. The standard InChI is InChI=1S/C15H15N5OS2/c21-15(20-6-1-3-11(20)12-4-2-7-22-12)18-10-9-17-19-13(10)14-16-5-8-23-14/h2,4-5,7-9,11H,1,3,6H2,(H,17,19)(H,18,21). The lowest BCUT2D eigenvalue weighted by Crippen LogP contribution is -2.34. The first-order valence-corrected chi connectivity index (χ1v) is 9.13. The first kappa shape index (κ1) is 14.4. The van der Waals surface area contributed by atoms with Crippen LogP contribution in [0.15, 0.2) is 35.3 Å². The van der Waals surface area contributed by atoms with E-state index in [9.17, 15) is 4.79 Å². The van der Waals surface area contributed by atoms with E-state index in [4.69, 9.17) is 0 Å². The Labute approximate surface area is 141 Å². The van der Waals surface area contributed by atoms with E-state index in [1.165, 1.54) is 16.2 Å². The summed E-state index contributed by atoms with van der Waals surface area (Å²) in [5.74, 6) is 0. The number of anilines is 1. The van der Waals surface area contributed by atoms with E-state index in [1.54, 1.807) is 23.7 Å². The zero-order chi connectivity index (χ0) is 15.6. The molecule has 0 aliphatic carbocycles. The third-order valence-electron chi connectivity index (χ3n) is 3.91. The molecule has 3 aromatic rings. The van der Waals surface area contributed by atoms with Crippen molar-refractivity contribution in [3.05, 3.63) is 40.2 Å². The molecule has 3 aromatic heterocycles. The summed E-state index contributed by atoms with van der Waals surface area (Å²) < 4.78 is 0. The van der Waals surface area contributed by atoms with Crippen LogP contribution < -0.4 is 5.32 Å². The molecule has 1 atom stereocenters. The van der Waals surface area contributed by atoms with Gasteiger partial charge in [0, 0.05) is 23.0 Å². The molecule has 4 rings (SSSR count). The minimum Gasteiger partial charge on any atom is -0.317 e. The summed E-state index contributed by atoms with van der Waals surface area (Å²) in [5, 5.41) is 14.7. The molecule has 0 saturated carbocycles. The quantitative estimate of drug-likeness (QED) is 0.754. The Kier molecular flexibility index (Phi) is 3.84. The minimum absolute atomic E-state index is 0.0832. The van der Waals surface area contributed by atoms with Gasteiger partial charge in [-0.3, -0.25) is 5.10 Å². The van der Waals surface area contributed by atoms with E-state index < -0.39 is 0 Å². The zero-order valence-corrected chi connectivity index (χ0v) is 13.9. The molecular weight excluding hydrogens is 330 g/mol. The number of carbonyl (C=O) groups is 1. The van der Waals surface area contributed by atoms with Gasteiger partial charge in [0.15, 0.2) is 0 Å². The molecule has 2 amide bonds. The predicted octanol–water partition coefficient (Wildman–Crippen LogP) is 3.96. The Hall–Kier alpha value is -2.19. The maximum absolute atomic E-state index is 12.7. The van der Waals surface area contributed by atoms with Crippen molar-refractivity contribution in [2.45, 2.75) is 18.9 Å². The number of rotatable bonds is 3. The first-order chi connectivity index (χ1) is 11.3. The van der Waals surface area contributed by atoms with Crippen LogP contribution in [0, 0.1) is 0 Å². The van der Waals surface area contributed by atoms with Gasteiger partial charge in [0.1, 0.15) is 10.7 Å². The second kappa shape index (κ2) is 6.13. The van der Waals surface area contributed by atoms with Gasteiger partial charge in [-0.05, 0) is 24.3 Å². The van der Waals surface area contributed by atoms with E-state index in [0.29, 0.717) is 5.69 Å². The molecule has 1 unspecified atom stereocenters. The maximum atomic E-state index is 12.7. The van der Waals surface area contributed by atoms with Gasteiger partial charge < -0.3 is 10.2 Å². The van der Waals surface area contributed by atoms with Crippen LogP contribution in [-0.2, 0) is 0 Å². The average Bonchev–Trinajstić information content (AvgIpc) is 3.31. The van der Waals surface area contributed by atoms with Crippen LogP contribution in [0.3, 0.4) is 0 Å². The number of thiophene rings is 1. The molecule has 4 heterocycles. The normalized spacial score (nSPS) is 17.6. The maximum Gasteiger partial charge on any atom is 0.322 e. The van der Waals surface area contributed by atoms with E-state index in [0.717, 1.165) is 30.1 Å². The van der Waals surface area contributed by atoms with Crippen molar-refractivity contribution in [3.8, 4) is 10.7 Å². The topological polar surface area (TPSA) is 73.9 Å². The molecule has 0 bridgehead atoms. The number of thiazole rings is 1. The zero-order valence-electron chi connectivity index (χ0n) is 12.2. The highest BCUT2D eigenvalue weighted by molar-refractivity contribution is 7.13. The number of amides is 2. The van der Waals surface area contributed by atoms with Crippen molar-refractivity contribution >= 4 is 34.4 Å². The highest BCUT2D eigenvalue weighted by atomic mass is 32.1. The fraction of sp³-hybridized carbons (Fsp3) is 0.267. The summed E-state index contributed by atoms with van der Waals surface area (Å²) in [5.41, 5.74) is 1.42. The lowest BCUT2D eigenvalue weighted by Gasteiger charge is -2.24. The molecule has 118 valence electrons. The Morgan fingerprint density at radius 3 is 3.13 bits per heavy atom. The van der Waals surface area contributed by atoms with Crippen molar-refractivity contribution in [2.24, 2.45) is 0 Å². The molecule has 1 aliphatic rings. The van der Waals surface area contributed by atoms with Crippen LogP contribution in [0.2, 0.25) is 0 Å². The van der Waals surface area contributed by atoms with Crippen molar-refractivity contribution in [2.75, 3.05) is 11.9 Å². The number of nitrogens with zero attached hydrogens (tertiary/aromatic N) is 3. The van der Waals surface area contributed by atoms with E-state index in [2.05, 4.69) is 31.9 Å².